The summed E-state index contributed by atoms with van der Waals surface area (Å²) >= 11 is 5.89. The predicted octanol–water partition coefficient (Wildman–Crippen LogP) is 6.86. The van der Waals surface area contributed by atoms with Gasteiger partial charge in [-0.25, -0.2) is 0 Å². The maximum atomic E-state index is 9.82. The fourth-order valence-corrected chi connectivity index (χ4v) is 5.18. The molecule has 2 atom stereocenters. The standard InChI is InChI=1S/C31H26N4O2S/c1-21-7-15-25(16-8-21)37-26-17-11-23(12-18-26)35-30(29(33-31(35)38)27-5-2-3-19-32-27)28-6-4-20-34(28)22-9-13-24(36)14-10-22/h2-20,29-30,36H,1H3,(H,33,38)/t29-,30-/m1/s1. The number of benzene rings is 3. The second-order valence-electron chi connectivity index (χ2n) is 9.23. The molecule has 1 saturated heterocycles. The van der Waals surface area contributed by atoms with Crippen LogP contribution in [-0.4, -0.2) is 19.8 Å². The molecule has 2 N–H and O–H groups in total. The van der Waals surface area contributed by atoms with Crippen LogP contribution in [0.4, 0.5) is 5.69 Å². The molecule has 6 nitrogen and oxygen atoms in total. The first kappa shape index (κ1) is 23.8. The van der Waals surface area contributed by atoms with E-state index in [1.54, 1.807) is 18.3 Å². The number of phenols is 1. The van der Waals surface area contributed by atoms with Crippen molar-refractivity contribution in [2.75, 3.05) is 4.90 Å². The van der Waals surface area contributed by atoms with Crippen LogP contribution >= 0.6 is 12.2 Å². The summed E-state index contributed by atoms with van der Waals surface area (Å²) in [6.45, 7) is 2.05. The largest absolute Gasteiger partial charge is 0.508 e. The van der Waals surface area contributed by atoms with Crippen molar-refractivity contribution in [1.82, 2.24) is 14.9 Å². The highest BCUT2D eigenvalue weighted by Gasteiger charge is 2.42. The third kappa shape index (κ3) is 4.60. The average Bonchev–Trinajstić information content (AvgIpc) is 3.56. The number of aromatic hydroxyl groups is 1. The molecular formula is C31H26N4O2S. The lowest BCUT2D eigenvalue weighted by Gasteiger charge is -2.29. The lowest BCUT2D eigenvalue weighted by atomic mass is 10.0. The van der Waals surface area contributed by atoms with E-state index in [-0.39, 0.29) is 17.8 Å². The van der Waals surface area contributed by atoms with Crippen LogP contribution < -0.4 is 15.0 Å². The maximum Gasteiger partial charge on any atom is 0.174 e. The molecule has 3 heterocycles. The number of aromatic nitrogens is 2. The SMILES string of the molecule is Cc1ccc(Oc2ccc(N3C(=S)N[C@H](c4ccccn4)[C@H]3c3cccn3-c3ccc(O)cc3)cc2)cc1. The quantitative estimate of drug-likeness (QED) is 0.240. The van der Waals surface area contributed by atoms with Crippen molar-refractivity contribution in [3.05, 3.63) is 132 Å². The summed E-state index contributed by atoms with van der Waals surface area (Å²) < 4.78 is 8.17. The molecule has 0 saturated carbocycles. The number of pyridine rings is 1. The molecule has 7 heteroatoms. The van der Waals surface area contributed by atoms with E-state index >= 15 is 0 Å². The van der Waals surface area contributed by atoms with Crippen LogP contribution in [-0.2, 0) is 0 Å². The van der Waals surface area contributed by atoms with E-state index in [2.05, 4.69) is 32.8 Å². The zero-order valence-corrected chi connectivity index (χ0v) is 21.5. The van der Waals surface area contributed by atoms with Crippen molar-refractivity contribution in [2.24, 2.45) is 0 Å². The molecule has 38 heavy (non-hydrogen) atoms. The normalized spacial score (nSPS) is 16.9. The van der Waals surface area contributed by atoms with Gasteiger partial charge in [0.1, 0.15) is 23.3 Å². The van der Waals surface area contributed by atoms with Gasteiger partial charge in [-0.3, -0.25) is 4.98 Å². The number of hydrogen-bond acceptors (Lipinski definition) is 4. The Hall–Kier alpha value is -4.62. The summed E-state index contributed by atoms with van der Waals surface area (Å²) in [7, 11) is 0. The first-order chi connectivity index (χ1) is 18.6. The van der Waals surface area contributed by atoms with Crippen LogP contribution in [0.25, 0.3) is 5.69 Å². The Morgan fingerprint density at radius 1 is 0.816 bits per heavy atom. The monoisotopic (exact) mass is 518 g/mol. The van der Waals surface area contributed by atoms with Crippen LogP contribution in [0.5, 0.6) is 17.2 Å². The Bertz CT molecular complexity index is 1550. The Morgan fingerprint density at radius 2 is 1.50 bits per heavy atom. The van der Waals surface area contributed by atoms with E-state index in [1.165, 1.54) is 5.56 Å². The fourth-order valence-electron chi connectivity index (χ4n) is 4.83. The fraction of sp³-hybridized carbons (Fsp3) is 0.0968. The molecule has 1 fully saturated rings. The zero-order valence-electron chi connectivity index (χ0n) is 20.7. The first-order valence-corrected chi connectivity index (χ1v) is 12.8. The number of nitrogens with zero attached hydrogens (tertiary/aromatic N) is 3. The van der Waals surface area contributed by atoms with Crippen LogP contribution in [0.1, 0.15) is 29.0 Å². The molecule has 0 radical (unpaired) electrons. The lowest BCUT2D eigenvalue weighted by Crippen LogP contribution is -2.30. The molecule has 0 amide bonds. The van der Waals surface area contributed by atoms with Crippen LogP contribution in [0.15, 0.2) is 116 Å². The Kier molecular flexibility index (Phi) is 6.27. The number of nitrogens with one attached hydrogen (secondary N) is 1. The highest BCUT2D eigenvalue weighted by atomic mass is 32.1. The van der Waals surface area contributed by atoms with Gasteiger partial charge in [0.25, 0.3) is 0 Å². The van der Waals surface area contributed by atoms with Crippen molar-refractivity contribution in [1.29, 1.82) is 0 Å². The molecule has 0 bridgehead atoms. The molecule has 1 aliphatic heterocycles. The molecule has 0 spiro atoms. The summed E-state index contributed by atoms with van der Waals surface area (Å²) in [5.41, 5.74) is 5.02. The summed E-state index contributed by atoms with van der Waals surface area (Å²) in [5.74, 6) is 1.77. The van der Waals surface area contributed by atoms with E-state index in [9.17, 15) is 5.11 Å². The second kappa shape index (κ2) is 10.0. The van der Waals surface area contributed by atoms with E-state index in [1.807, 2.05) is 91.1 Å². The van der Waals surface area contributed by atoms with E-state index in [4.69, 9.17) is 17.0 Å². The van der Waals surface area contributed by atoms with Crippen molar-refractivity contribution in [3.63, 3.8) is 0 Å². The van der Waals surface area contributed by atoms with Gasteiger partial charge in [-0.1, -0.05) is 23.8 Å². The Labute approximate surface area is 226 Å². The molecule has 5 aromatic rings. The lowest BCUT2D eigenvalue weighted by molar-refractivity contribution is 0.475. The number of rotatable bonds is 6. The molecule has 3 aromatic carbocycles. The van der Waals surface area contributed by atoms with Gasteiger partial charge in [0.2, 0.25) is 0 Å². The second-order valence-corrected chi connectivity index (χ2v) is 9.61. The third-order valence-electron chi connectivity index (χ3n) is 6.68. The molecule has 6 rings (SSSR count). The number of hydrogen-bond donors (Lipinski definition) is 2. The van der Waals surface area contributed by atoms with Gasteiger partial charge < -0.3 is 24.6 Å². The van der Waals surface area contributed by atoms with Crippen molar-refractivity contribution < 1.29 is 9.84 Å². The molecule has 1 aliphatic rings. The van der Waals surface area contributed by atoms with Crippen LogP contribution in [0.3, 0.4) is 0 Å². The van der Waals surface area contributed by atoms with Gasteiger partial charge in [0, 0.05) is 29.5 Å². The minimum atomic E-state index is -0.176. The zero-order chi connectivity index (χ0) is 26.1. The van der Waals surface area contributed by atoms with Gasteiger partial charge in [-0.05, 0) is 104 Å². The van der Waals surface area contributed by atoms with Gasteiger partial charge in [0.15, 0.2) is 5.11 Å². The number of thiocarbonyl (C=S) groups is 1. The van der Waals surface area contributed by atoms with Crippen molar-refractivity contribution in [3.8, 4) is 22.9 Å². The van der Waals surface area contributed by atoms with Gasteiger partial charge in [0.05, 0.1) is 11.7 Å². The van der Waals surface area contributed by atoms with Crippen LogP contribution in [0, 0.1) is 6.92 Å². The number of anilines is 1. The van der Waals surface area contributed by atoms with Crippen molar-refractivity contribution in [2.45, 2.75) is 19.0 Å². The molecule has 0 unspecified atom stereocenters. The summed E-state index contributed by atoms with van der Waals surface area (Å²) in [6.07, 6.45) is 3.82. The average molecular weight is 519 g/mol. The minimum absolute atomic E-state index is 0.169. The Balaban J connectivity index is 1.38. The molecular weight excluding hydrogens is 492 g/mol. The highest BCUT2D eigenvalue weighted by molar-refractivity contribution is 7.80. The van der Waals surface area contributed by atoms with Gasteiger partial charge in [-0.15, -0.1) is 0 Å². The Morgan fingerprint density at radius 3 is 2.18 bits per heavy atom. The van der Waals surface area contributed by atoms with Crippen molar-refractivity contribution >= 4 is 23.0 Å². The molecule has 188 valence electrons. The first-order valence-electron chi connectivity index (χ1n) is 12.4. The smallest absolute Gasteiger partial charge is 0.174 e. The van der Waals surface area contributed by atoms with E-state index in [0.717, 1.165) is 34.3 Å². The summed E-state index contributed by atoms with van der Waals surface area (Å²) in [5, 5.41) is 14.0. The number of ether oxygens (including phenoxy) is 1. The minimum Gasteiger partial charge on any atom is -0.508 e. The maximum absolute atomic E-state index is 9.82. The highest BCUT2D eigenvalue weighted by Crippen LogP contribution is 2.42. The molecule has 2 aromatic heterocycles. The number of phenolic OH excluding ortho intramolecular Hbond substituents is 1. The predicted molar refractivity (Wildman–Crippen MR) is 153 cm³/mol. The van der Waals surface area contributed by atoms with E-state index in [0.29, 0.717) is 5.11 Å². The summed E-state index contributed by atoms with van der Waals surface area (Å²) in [4.78, 5) is 6.79. The third-order valence-corrected chi connectivity index (χ3v) is 7.00. The van der Waals surface area contributed by atoms with Crippen LogP contribution in [0.2, 0.25) is 0 Å². The molecule has 0 aliphatic carbocycles. The number of aryl methyl sites for hydroxylation is 1. The van der Waals surface area contributed by atoms with Gasteiger partial charge >= 0.3 is 0 Å². The van der Waals surface area contributed by atoms with Gasteiger partial charge in [-0.2, -0.15) is 0 Å². The topological polar surface area (TPSA) is 62.5 Å². The van der Waals surface area contributed by atoms with E-state index < -0.39 is 0 Å². The summed E-state index contributed by atoms with van der Waals surface area (Å²) in [6, 6.07) is 32.9.